The van der Waals surface area contributed by atoms with Gasteiger partial charge in [-0.3, -0.25) is 0 Å². The molecule has 1 saturated heterocycles. The number of likely N-dealkylation sites (tertiary alicyclic amines) is 1. The number of aliphatic hydroxyl groups excluding tert-OH is 1. The van der Waals surface area contributed by atoms with Crippen LogP contribution < -0.4 is 9.47 Å². The van der Waals surface area contributed by atoms with Crippen molar-refractivity contribution in [2.75, 3.05) is 40.6 Å². The molecule has 1 aliphatic heterocycles. The van der Waals surface area contributed by atoms with Gasteiger partial charge in [0.05, 0.1) is 20.3 Å². The van der Waals surface area contributed by atoms with Gasteiger partial charge in [0.1, 0.15) is 12.6 Å². The minimum Gasteiger partial charge on any atom is -0.493 e. The van der Waals surface area contributed by atoms with Crippen LogP contribution in [0, 0.1) is 11.7 Å². The van der Waals surface area contributed by atoms with Gasteiger partial charge in [0.2, 0.25) is 0 Å². The Labute approximate surface area is 172 Å². The highest BCUT2D eigenvalue weighted by molar-refractivity contribution is 5.48. The van der Waals surface area contributed by atoms with E-state index in [1.165, 1.54) is 12.1 Å². The van der Waals surface area contributed by atoms with Crippen LogP contribution in [0.4, 0.5) is 4.39 Å². The van der Waals surface area contributed by atoms with Gasteiger partial charge in [0.15, 0.2) is 11.5 Å². The number of para-hydroxylation sites is 1. The highest BCUT2D eigenvalue weighted by Crippen LogP contribution is 2.41. The van der Waals surface area contributed by atoms with Gasteiger partial charge in [-0.1, -0.05) is 24.3 Å². The summed E-state index contributed by atoms with van der Waals surface area (Å²) in [6, 6.07) is 12.5. The maximum Gasteiger partial charge on any atom is 0.166 e. The van der Waals surface area contributed by atoms with E-state index in [0.29, 0.717) is 11.5 Å². The first-order chi connectivity index (χ1) is 14.2. The van der Waals surface area contributed by atoms with E-state index in [9.17, 15) is 9.50 Å². The van der Waals surface area contributed by atoms with Crippen LogP contribution in [-0.4, -0.2) is 50.7 Å². The Kier molecular flexibility index (Phi) is 7.86. The van der Waals surface area contributed by atoms with E-state index in [4.69, 9.17) is 14.2 Å². The molecule has 2 aromatic rings. The Balaban J connectivity index is 1.62. The fraction of sp³-hybridized carbons (Fsp3) is 0.478. The molecular formula is C23H30FNO4. The maximum absolute atomic E-state index is 13.0. The number of aliphatic hydroxyl groups is 1. The van der Waals surface area contributed by atoms with Crippen molar-refractivity contribution in [1.29, 1.82) is 0 Å². The third-order valence-electron chi connectivity index (χ3n) is 5.68. The number of methoxy groups -OCH3 is 2. The summed E-state index contributed by atoms with van der Waals surface area (Å²) in [5.41, 5.74) is 2.06. The van der Waals surface area contributed by atoms with Crippen LogP contribution in [0.5, 0.6) is 11.5 Å². The molecule has 1 N–H and O–H groups in total. The van der Waals surface area contributed by atoms with E-state index < -0.39 is 0 Å². The Morgan fingerprint density at radius 2 is 1.79 bits per heavy atom. The molecule has 1 fully saturated rings. The van der Waals surface area contributed by atoms with Crippen LogP contribution in [0.25, 0.3) is 0 Å². The number of halogens is 1. The van der Waals surface area contributed by atoms with Crippen molar-refractivity contribution >= 4 is 0 Å². The number of benzene rings is 2. The van der Waals surface area contributed by atoms with Crippen molar-refractivity contribution in [1.82, 2.24) is 4.90 Å². The van der Waals surface area contributed by atoms with E-state index in [2.05, 4.69) is 4.90 Å². The average Bonchev–Trinajstić information content (AvgIpc) is 2.77. The largest absolute Gasteiger partial charge is 0.493 e. The summed E-state index contributed by atoms with van der Waals surface area (Å²) in [7, 11) is 3.23. The van der Waals surface area contributed by atoms with Crippen LogP contribution in [0.2, 0.25) is 0 Å². The van der Waals surface area contributed by atoms with Crippen LogP contribution >= 0.6 is 0 Å². The van der Waals surface area contributed by atoms with E-state index in [0.717, 1.165) is 50.0 Å². The molecule has 0 aliphatic carbocycles. The molecule has 5 nitrogen and oxygen atoms in total. The molecule has 158 valence electrons. The lowest BCUT2D eigenvalue weighted by Crippen LogP contribution is -2.37. The summed E-state index contributed by atoms with van der Waals surface area (Å²) in [5, 5.41) is 9.47. The molecule has 1 heterocycles. The first-order valence-corrected chi connectivity index (χ1v) is 10.1. The number of rotatable bonds is 9. The highest BCUT2D eigenvalue weighted by Gasteiger charge is 2.31. The van der Waals surface area contributed by atoms with Crippen LogP contribution in [-0.2, 0) is 11.2 Å². The van der Waals surface area contributed by atoms with Gasteiger partial charge in [0.25, 0.3) is 0 Å². The normalized spacial score (nSPS) is 16.6. The SMILES string of the molecule is COc1cccc([C@@H](OCO)C2CCN(CCc3ccc(F)cc3)CC2)c1OC. The minimum atomic E-state index is -0.337. The zero-order valence-corrected chi connectivity index (χ0v) is 17.1. The molecule has 2 aromatic carbocycles. The van der Waals surface area contributed by atoms with Crippen LogP contribution in [0.1, 0.15) is 30.1 Å². The fourth-order valence-electron chi connectivity index (χ4n) is 4.11. The molecule has 0 unspecified atom stereocenters. The number of piperidine rings is 1. The van der Waals surface area contributed by atoms with Gasteiger partial charge in [-0.05, 0) is 62.0 Å². The number of hydrogen-bond acceptors (Lipinski definition) is 5. The van der Waals surface area contributed by atoms with Crippen LogP contribution in [0.15, 0.2) is 42.5 Å². The maximum atomic E-state index is 13.0. The number of hydrogen-bond donors (Lipinski definition) is 1. The summed E-state index contributed by atoms with van der Waals surface area (Å²) >= 11 is 0. The summed E-state index contributed by atoms with van der Waals surface area (Å²) in [5.74, 6) is 1.41. The standard InChI is InChI=1S/C23H30FNO4/c1-27-21-5-3-4-20(23(21)28-2)22(29-16-26)18-11-14-25(15-12-18)13-10-17-6-8-19(24)9-7-17/h3-9,18,22,26H,10-16H2,1-2H3/t22-/m0/s1. The molecular weight excluding hydrogens is 373 g/mol. The molecule has 0 amide bonds. The van der Waals surface area contributed by atoms with Crippen molar-refractivity contribution < 1.29 is 23.7 Å². The van der Waals surface area contributed by atoms with E-state index >= 15 is 0 Å². The summed E-state index contributed by atoms with van der Waals surface area (Å²) < 4.78 is 29.8. The lowest BCUT2D eigenvalue weighted by atomic mass is 9.86. The topological polar surface area (TPSA) is 51.2 Å². The van der Waals surface area contributed by atoms with Gasteiger partial charge in [-0.15, -0.1) is 0 Å². The summed E-state index contributed by atoms with van der Waals surface area (Å²) in [4.78, 5) is 2.43. The molecule has 1 atom stereocenters. The Hall–Kier alpha value is -2.15. The first-order valence-electron chi connectivity index (χ1n) is 10.1. The third-order valence-corrected chi connectivity index (χ3v) is 5.68. The zero-order chi connectivity index (χ0) is 20.6. The van der Waals surface area contributed by atoms with Gasteiger partial charge in [-0.25, -0.2) is 4.39 Å². The smallest absolute Gasteiger partial charge is 0.166 e. The second-order valence-electron chi connectivity index (χ2n) is 7.35. The van der Waals surface area contributed by atoms with Crippen molar-refractivity contribution in [2.24, 2.45) is 5.92 Å². The lowest BCUT2D eigenvalue weighted by Gasteiger charge is -2.36. The Morgan fingerprint density at radius 1 is 1.07 bits per heavy atom. The van der Waals surface area contributed by atoms with Crippen LogP contribution in [0.3, 0.4) is 0 Å². The average molecular weight is 403 g/mol. The highest BCUT2D eigenvalue weighted by atomic mass is 19.1. The fourth-order valence-corrected chi connectivity index (χ4v) is 4.11. The molecule has 0 aromatic heterocycles. The first kappa shape index (κ1) is 21.6. The number of nitrogens with zero attached hydrogens (tertiary/aromatic N) is 1. The van der Waals surface area contributed by atoms with Gasteiger partial charge >= 0.3 is 0 Å². The molecule has 3 rings (SSSR count). The van der Waals surface area contributed by atoms with Gasteiger partial charge < -0.3 is 24.2 Å². The zero-order valence-electron chi connectivity index (χ0n) is 17.1. The predicted molar refractivity (Wildman–Crippen MR) is 110 cm³/mol. The molecule has 0 bridgehead atoms. The molecule has 0 radical (unpaired) electrons. The molecule has 1 aliphatic rings. The predicted octanol–water partition coefficient (Wildman–Crippen LogP) is 3.81. The third kappa shape index (κ3) is 5.47. The van der Waals surface area contributed by atoms with Crippen molar-refractivity contribution in [3.05, 3.63) is 59.4 Å². The molecule has 6 heteroatoms. The summed E-state index contributed by atoms with van der Waals surface area (Å²) in [6.07, 6.45) is 2.60. The Bertz CT molecular complexity index is 760. The van der Waals surface area contributed by atoms with E-state index in [-0.39, 0.29) is 24.6 Å². The van der Waals surface area contributed by atoms with E-state index in [1.54, 1.807) is 14.2 Å². The van der Waals surface area contributed by atoms with Crippen molar-refractivity contribution in [3.8, 4) is 11.5 Å². The van der Waals surface area contributed by atoms with Gasteiger partial charge in [0, 0.05) is 12.1 Å². The monoisotopic (exact) mass is 403 g/mol. The molecule has 29 heavy (non-hydrogen) atoms. The van der Waals surface area contributed by atoms with E-state index in [1.807, 2.05) is 30.3 Å². The lowest BCUT2D eigenvalue weighted by molar-refractivity contribution is -0.0855. The number of ether oxygens (including phenoxy) is 3. The van der Waals surface area contributed by atoms with Crippen molar-refractivity contribution in [2.45, 2.75) is 25.4 Å². The molecule has 0 saturated carbocycles. The van der Waals surface area contributed by atoms with Gasteiger partial charge in [-0.2, -0.15) is 0 Å². The Morgan fingerprint density at radius 3 is 2.41 bits per heavy atom. The quantitative estimate of drug-likeness (QED) is 0.646. The minimum absolute atomic E-state index is 0.197. The second-order valence-corrected chi connectivity index (χ2v) is 7.35. The summed E-state index contributed by atoms with van der Waals surface area (Å²) in [6.45, 7) is 2.54. The van der Waals surface area contributed by atoms with Crippen molar-refractivity contribution in [3.63, 3.8) is 0 Å². The second kappa shape index (κ2) is 10.6. The molecule has 0 spiro atoms.